The van der Waals surface area contributed by atoms with E-state index in [0.717, 1.165) is 12.3 Å². The summed E-state index contributed by atoms with van der Waals surface area (Å²) in [5, 5.41) is 2.53. The van der Waals surface area contributed by atoms with Gasteiger partial charge in [0.25, 0.3) is 0 Å². The average Bonchev–Trinajstić information content (AvgIpc) is 2.70. The minimum Gasteiger partial charge on any atom is -0.358 e. The maximum absolute atomic E-state index is 10.8. The summed E-state index contributed by atoms with van der Waals surface area (Å²) in [5.41, 5.74) is 5.56. The molecule has 58 valence electrons. The van der Waals surface area contributed by atoms with Gasteiger partial charge in [0.1, 0.15) is 0 Å². The van der Waals surface area contributed by atoms with Gasteiger partial charge < -0.3 is 11.1 Å². The number of nitrogens with two attached hydrogens (primary N) is 1. The molecule has 0 aromatic rings. The van der Waals surface area contributed by atoms with Crippen molar-refractivity contribution in [2.24, 2.45) is 11.7 Å². The molecule has 1 amide bonds. The number of hydrogen-bond acceptors (Lipinski definition) is 2. The Morgan fingerprint density at radius 3 is 2.80 bits per heavy atom. The summed E-state index contributed by atoms with van der Waals surface area (Å²) >= 11 is 0. The van der Waals surface area contributed by atoms with E-state index in [-0.39, 0.29) is 11.9 Å². The van der Waals surface area contributed by atoms with E-state index in [1.165, 1.54) is 12.8 Å². The van der Waals surface area contributed by atoms with Crippen molar-refractivity contribution in [1.29, 1.82) is 0 Å². The Morgan fingerprint density at radius 2 is 2.40 bits per heavy atom. The molecule has 0 aromatic carbocycles. The lowest BCUT2D eigenvalue weighted by molar-refractivity contribution is -0.122. The third-order valence-electron chi connectivity index (χ3n) is 1.87. The third kappa shape index (κ3) is 1.99. The second-order valence-electron chi connectivity index (χ2n) is 2.90. The lowest BCUT2D eigenvalue weighted by Crippen LogP contribution is -2.38. The Labute approximate surface area is 61.0 Å². The summed E-state index contributed by atoms with van der Waals surface area (Å²) in [7, 11) is 1.62. The monoisotopic (exact) mass is 142 g/mol. The molecule has 1 unspecified atom stereocenters. The molecule has 1 aliphatic carbocycles. The van der Waals surface area contributed by atoms with Crippen LogP contribution in [-0.4, -0.2) is 19.0 Å². The number of carbonyl (C=O) groups is 1. The molecule has 1 atom stereocenters. The SMILES string of the molecule is CNC(=O)C(N)CC1CC1. The topological polar surface area (TPSA) is 55.1 Å². The van der Waals surface area contributed by atoms with Gasteiger partial charge in [0.05, 0.1) is 6.04 Å². The fourth-order valence-corrected chi connectivity index (χ4v) is 1.01. The summed E-state index contributed by atoms with van der Waals surface area (Å²) in [5.74, 6) is 0.694. The van der Waals surface area contributed by atoms with Gasteiger partial charge in [0.2, 0.25) is 5.91 Å². The minimum atomic E-state index is -0.280. The highest BCUT2D eigenvalue weighted by Gasteiger charge is 2.26. The molecule has 0 radical (unpaired) electrons. The molecule has 0 aromatic heterocycles. The first kappa shape index (κ1) is 7.54. The van der Waals surface area contributed by atoms with Gasteiger partial charge in [-0.05, 0) is 12.3 Å². The van der Waals surface area contributed by atoms with Gasteiger partial charge in [-0.25, -0.2) is 0 Å². The van der Waals surface area contributed by atoms with Gasteiger partial charge in [0, 0.05) is 7.05 Å². The van der Waals surface area contributed by atoms with E-state index < -0.39 is 0 Å². The second kappa shape index (κ2) is 3.01. The molecule has 1 rings (SSSR count). The molecule has 0 saturated heterocycles. The molecule has 0 bridgehead atoms. The summed E-state index contributed by atoms with van der Waals surface area (Å²) in [4.78, 5) is 10.8. The zero-order valence-electron chi connectivity index (χ0n) is 6.26. The summed E-state index contributed by atoms with van der Waals surface area (Å²) in [6.07, 6.45) is 3.37. The van der Waals surface area contributed by atoms with E-state index in [0.29, 0.717) is 0 Å². The Hall–Kier alpha value is -0.570. The van der Waals surface area contributed by atoms with Gasteiger partial charge in [-0.1, -0.05) is 12.8 Å². The number of hydrogen-bond donors (Lipinski definition) is 2. The molecule has 1 aliphatic rings. The van der Waals surface area contributed by atoms with Crippen molar-refractivity contribution in [1.82, 2.24) is 5.32 Å². The largest absolute Gasteiger partial charge is 0.358 e. The summed E-state index contributed by atoms with van der Waals surface area (Å²) in [6.45, 7) is 0. The van der Waals surface area contributed by atoms with Crippen LogP contribution < -0.4 is 11.1 Å². The first-order chi connectivity index (χ1) is 4.74. The Bertz CT molecular complexity index is 132. The smallest absolute Gasteiger partial charge is 0.236 e. The Morgan fingerprint density at radius 1 is 1.80 bits per heavy atom. The van der Waals surface area contributed by atoms with Crippen molar-refractivity contribution in [3.8, 4) is 0 Å². The predicted octanol–water partition coefficient (Wildman–Crippen LogP) is -0.140. The van der Waals surface area contributed by atoms with Crippen molar-refractivity contribution in [2.45, 2.75) is 25.3 Å². The lowest BCUT2D eigenvalue weighted by Gasteiger charge is -2.07. The number of nitrogens with one attached hydrogen (secondary N) is 1. The van der Waals surface area contributed by atoms with E-state index in [9.17, 15) is 4.79 Å². The van der Waals surface area contributed by atoms with Crippen LogP contribution in [0.3, 0.4) is 0 Å². The first-order valence-electron chi connectivity index (χ1n) is 3.71. The number of carbonyl (C=O) groups excluding carboxylic acids is 1. The van der Waals surface area contributed by atoms with Crippen LogP contribution in [0, 0.1) is 5.92 Å². The average molecular weight is 142 g/mol. The lowest BCUT2D eigenvalue weighted by atomic mass is 10.1. The van der Waals surface area contributed by atoms with E-state index in [2.05, 4.69) is 5.32 Å². The van der Waals surface area contributed by atoms with Crippen LogP contribution in [0.15, 0.2) is 0 Å². The van der Waals surface area contributed by atoms with Crippen molar-refractivity contribution >= 4 is 5.91 Å². The van der Waals surface area contributed by atoms with Crippen LogP contribution in [-0.2, 0) is 4.79 Å². The number of rotatable bonds is 3. The fraction of sp³-hybridized carbons (Fsp3) is 0.857. The molecule has 3 nitrogen and oxygen atoms in total. The van der Waals surface area contributed by atoms with Gasteiger partial charge in [-0.3, -0.25) is 4.79 Å². The van der Waals surface area contributed by atoms with Crippen molar-refractivity contribution in [2.75, 3.05) is 7.05 Å². The van der Waals surface area contributed by atoms with Gasteiger partial charge in [-0.15, -0.1) is 0 Å². The van der Waals surface area contributed by atoms with Gasteiger partial charge in [0.15, 0.2) is 0 Å². The third-order valence-corrected chi connectivity index (χ3v) is 1.87. The van der Waals surface area contributed by atoms with E-state index in [1.807, 2.05) is 0 Å². The molecular formula is C7H14N2O. The Balaban J connectivity index is 2.18. The molecular weight excluding hydrogens is 128 g/mol. The highest BCUT2D eigenvalue weighted by atomic mass is 16.2. The summed E-state index contributed by atoms with van der Waals surface area (Å²) in [6, 6.07) is -0.280. The molecule has 1 saturated carbocycles. The molecule has 0 heterocycles. The van der Waals surface area contributed by atoms with Crippen LogP contribution in [0.5, 0.6) is 0 Å². The van der Waals surface area contributed by atoms with E-state index in [1.54, 1.807) is 7.05 Å². The molecule has 0 aliphatic heterocycles. The highest BCUT2D eigenvalue weighted by Crippen LogP contribution is 2.32. The first-order valence-corrected chi connectivity index (χ1v) is 3.71. The van der Waals surface area contributed by atoms with E-state index in [4.69, 9.17) is 5.73 Å². The fourth-order valence-electron chi connectivity index (χ4n) is 1.01. The van der Waals surface area contributed by atoms with Crippen molar-refractivity contribution in [3.05, 3.63) is 0 Å². The minimum absolute atomic E-state index is 0.0353. The normalized spacial score (nSPS) is 20.2. The van der Waals surface area contributed by atoms with Crippen LogP contribution in [0.4, 0.5) is 0 Å². The summed E-state index contributed by atoms with van der Waals surface area (Å²) < 4.78 is 0. The maximum Gasteiger partial charge on any atom is 0.236 e. The standard InChI is InChI=1S/C7H14N2O/c1-9-7(10)6(8)4-5-2-3-5/h5-6H,2-4,8H2,1H3,(H,9,10). The molecule has 0 spiro atoms. The quantitative estimate of drug-likeness (QED) is 0.576. The second-order valence-corrected chi connectivity index (χ2v) is 2.90. The number of likely N-dealkylation sites (N-methyl/N-ethyl adjacent to an activating group) is 1. The van der Waals surface area contributed by atoms with Crippen LogP contribution in [0.25, 0.3) is 0 Å². The van der Waals surface area contributed by atoms with E-state index >= 15 is 0 Å². The van der Waals surface area contributed by atoms with Crippen LogP contribution in [0.2, 0.25) is 0 Å². The Kier molecular flexibility index (Phi) is 2.27. The molecule has 3 N–H and O–H groups in total. The molecule has 10 heavy (non-hydrogen) atoms. The highest BCUT2D eigenvalue weighted by molar-refractivity contribution is 5.81. The van der Waals surface area contributed by atoms with Crippen molar-refractivity contribution in [3.63, 3.8) is 0 Å². The maximum atomic E-state index is 10.8. The zero-order chi connectivity index (χ0) is 7.56. The van der Waals surface area contributed by atoms with Crippen LogP contribution >= 0.6 is 0 Å². The van der Waals surface area contributed by atoms with Gasteiger partial charge >= 0.3 is 0 Å². The zero-order valence-corrected chi connectivity index (χ0v) is 6.26. The predicted molar refractivity (Wildman–Crippen MR) is 39.4 cm³/mol. The van der Waals surface area contributed by atoms with Crippen LogP contribution in [0.1, 0.15) is 19.3 Å². The van der Waals surface area contributed by atoms with Crippen molar-refractivity contribution < 1.29 is 4.79 Å². The molecule has 3 heteroatoms. The molecule has 1 fully saturated rings. The van der Waals surface area contributed by atoms with Gasteiger partial charge in [-0.2, -0.15) is 0 Å². The number of amides is 1.